The molecule has 0 amide bonds. The van der Waals surface area contributed by atoms with Crippen molar-refractivity contribution in [3.63, 3.8) is 0 Å². The highest BCUT2D eigenvalue weighted by molar-refractivity contribution is 6.31. The number of carbonyl (C=O) groups excluding carboxylic acids is 3. The molecule has 45 heavy (non-hydrogen) atoms. The molecule has 8 bridgehead atoms. The van der Waals surface area contributed by atoms with Crippen LogP contribution in [0.2, 0.25) is 0 Å². The van der Waals surface area contributed by atoms with Crippen LogP contribution in [0.1, 0.15) is 47.0 Å². The average molecular weight is 607 g/mol. The van der Waals surface area contributed by atoms with E-state index in [4.69, 9.17) is 19.7 Å². The molecule has 0 spiro atoms. The number of methoxy groups -OCH3 is 1. The van der Waals surface area contributed by atoms with Gasteiger partial charge in [-0.15, -0.1) is 0 Å². The van der Waals surface area contributed by atoms with Gasteiger partial charge in [0.1, 0.15) is 5.92 Å². The number of nitrogens with zero attached hydrogens (tertiary/aromatic N) is 3. The van der Waals surface area contributed by atoms with Gasteiger partial charge in [0.15, 0.2) is 12.1 Å². The number of hydrogen-bond acceptors (Lipinski definition) is 9. The molecular weight excluding hydrogens is 572 g/mol. The summed E-state index contributed by atoms with van der Waals surface area (Å²) in [5, 5.41) is 13.1. The van der Waals surface area contributed by atoms with E-state index in [-0.39, 0.29) is 30.5 Å². The SMILES string of the molecule is C=CC1=C(C)C2=NC1=CC1=NC(=CC3=C(C)C4C(=O)[C@H](C(=O)OC)C(=C5NC(=C2)[C@@H](C)[C@@H]5CCC(=O)O)C4=N3)C(CC)=C1C=O. The summed E-state index contributed by atoms with van der Waals surface area (Å²) in [6.07, 6.45) is 8.76. The third-order valence-electron chi connectivity index (χ3n) is 9.60. The number of aldehydes is 1. The fourth-order valence-corrected chi connectivity index (χ4v) is 7.19. The highest BCUT2D eigenvalue weighted by atomic mass is 16.5. The third kappa shape index (κ3) is 4.58. The number of ether oxygens (including phenoxy) is 1. The maximum atomic E-state index is 14.0. The first-order valence-electron chi connectivity index (χ1n) is 15.0. The summed E-state index contributed by atoms with van der Waals surface area (Å²) in [6, 6.07) is 0. The van der Waals surface area contributed by atoms with Gasteiger partial charge in [0, 0.05) is 46.4 Å². The molecule has 0 aromatic rings. The predicted octanol–water partition coefficient (Wildman–Crippen LogP) is 4.66. The van der Waals surface area contributed by atoms with Crippen molar-refractivity contribution < 1.29 is 29.0 Å². The van der Waals surface area contributed by atoms with Crippen LogP contribution in [0.5, 0.6) is 0 Å². The third-order valence-corrected chi connectivity index (χ3v) is 9.60. The smallest absolute Gasteiger partial charge is 0.320 e. The highest BCUT2D eigenvalue weighted by Gasteiger charge is 2.54. The Hall–Kier alpha value is -4.99. The van der Waals surface area contributed by atoms with Gasteiger partial charge < -0.3 is 15.2 Å². The molecule has 2 fully saturated rings. The predicted molar refractivity (Wildman–Crippen MR) is 169 cm³/mol. The molecular formula is C35H34N4O6. The fraction of sp³-hybridized carbons (Fsp3) is 0.343. The molecule has 5 aliphatic heterocycles. The minimum Gasteiger partial charge on any atom is -0.481 e. The lowest BCUT2D eigenvalue weighted by Gasteiger charge is -2.19. The summed E-state index contributed by atoms with van der Waals surface area (Å²) in [5.74, 6) is -4.47. The number of carboxylic acids is 1. The minimum absolute atomic E-state index is 0.0964. The molecule has 2 N–H and O–H groups in total. The number of ketones is 1. The molecule has 5 heterocycles. The van der Waals surface area contributed by atoms with E-state index >= 15 is 0 Å². The number of aliphatic carboxylic acids is 1. The van der Waals surface area contributed by atoms with Crippen LogP contribution in [-0.4, -0.2) is 53.4 Å². The number of nitrogens with one attached hydrogen (secondary N) is 1. The Morgan fingerprint density at radius 1 is 1.09 bits per heavy atom. The molecule has 0 aromatic carbocycles. The Bertz CT molecular complexity index is 1840. The average Bonchev–Trinajstić information content (AvgIpc) is 3.76. The second-order valence-corrected chi connectivity index (χ2v) is 11.9. The number of esters is 1. The normalized spacial score (nSPS) is 26.8. The van der Waals surface area contributed by atoms with Crippen LogP contribution in [-0.2, 0) is 23.9 Å². The van der Waals surface area contributed by atoms with Gasteiger partial charge in [-0.25, -0.2) is 9.98 Å². The maximum absolute atomic E-state index is 14.0. The van der Waals surface area contributed by atoms with Crippen LogP contribution in [0.3, 0.4) is 0 Å². The molecule has 4 atom stereocenters. The molecule has 230 valence electrons. The minimum atomic E-state index is -1.21. The van der Waals surface area contributed by atoms with Crippen molar-refractivity contribution in [2.75, 3.05) is 7.11 Å². The van der Waals surface area contributed by atoms with Crippen LogP contribution in [0.25, 0.3) is 0 Å². The van der Waals surface area contributed by atoms with Crippen LogP contribution in [0, 0.1) is 23.7 Å². The van der Waals surface area contributed by atoms with Gasteiger partial charge in [0.05, 0.1) is 47.3 Å². The molecule has 10 nitrogen and oxygen atoms in total. The molecule has 1 unspecified atom stereocenters. The number of Topliss-reactive ketones (excluding diaryl/α,β-unsaturated/α-hetero) is 1. The van der Waals surface area contributed by atoms with E-state index in [1.54, 1.807) is 18.2 Å². The summed E-state index contributed by atoms with van der Waals surface area (Å²) >= 11 is 0. The summed E-state index contributed by atoms with van der Waals surface area (Å²) in [4.78, 5) is 66.0. The van der Waals surface area contributed by atoms with Crippen molar-refractivity contribution >= 4 is 41.1 Å². The number of carboxylic acid groups (broad SMARTS) is 1. The molecule has 0 aromatic heterocycles. The molecule has 0 radical (unpaired) electrons. The van der Waals surface area contributed by atoms with Gasteiger partial charge in [-0.1, -0.05) is 26.5 Å². The second kappa shape index (κ2) is 11.2. The topological polar surface area (TPSA) is 147 Å². The zero-order valence-corrected chi connectivity index (χ0v) is 25.9. The zero-order chi connectivity index (χ0) is 32.3. The van der Waals surface area contributed by atoms with Crippen LogP contribution < -0.4 is 5.32 Å². The Morgan fingerprint density at radius 3 is 2.47 bits per heavy atom. The van der Waals surface area contributed by atoms with Crippen molar-refractivity contribution in [3.05, 3.63) is 92.8 Å². The van der Waals surface area contributed by atoms with Gasteiger partial charge >= 0.3 is 11.9 Å². The van der Waals surface area contributed by atoms with E-state index in [9.17, 15) is 24.3 Å². The van der Waals surface area contributed by atoms with E-state index in [1.165, 1.54) is 7.11 Å². The number of fused-ring (bicyclic) bond motifs is 5. The van der Waals surface area contributed by atoms with Crippen molar-refractivity contribution in [1.82, 2.24) is 5.32 Å². The fourth-order valence-electron chi connectivity index (χ4n) is 7.19. The van der Waals surface area contributed by atoms with Gasteiger partial charge in [0.25, 0.3) is 0 Å². The van der Waals surface area contributed by atoms with E-state index in [0.717, 1.165) is 28.7 Å². The Labute approximate surface area is 260 Å². The summed E-state index contributed by atoms with van der Waals surface area (Å²) in [5.41, 5.74) is 8.71. The van der Waals surface area contributed by atoms with E-state index in [0.29, 0.717) is 63.1 Å². The van der Waals surface area contributed by atoms with Gasteiger partial charge in [0.2, 0.25) is 0 Å². The van der Waals surface area contributed by atoms with Crippen LogP contribution in [0.4, 0.5) is 0 Å². The van der Waals surface area contributed by atoms with Crippen LogP contribution in [0.15, 0.2) is 108 Å². The van der Waals surface area contributed by atoms with E-state index in [1.807, 2.05) is 33.8 Å². The molecule has 1 saturated heterocycles. The number of carbonyl (C=O) groups is 4. The van der Waals surface area contributed by atoms with Gasteiger partial charge in [-0.3, -0.25) is 24.2 Å². The number of hydrogen-bond donors (Lipinski definition) is 2. The number of allylic oxidation sites excluding steroid dienone is 10. The first kappa shape index (κ1) is 30.1. The molecule has 1 aliphatic carbocycles. The van der Waals surface area contributed by atoms with E-state index in [2.05, 4.69) is 11.9 Å². The lowest BCUT2D eigenvalue weighted by atomic mass is 9.85. The Balaban J connectivity index is 1.67. The standard InChI is InChI=1S/C35H34N4O6/c1-7-18-15(3)22-11-23-16(4)20(9-10-28(41)42)32(38-23)30-31(35(44)45-6)34(43)29-17(5)24(39-33(29)30)12-26-19(8-2)21(14-40)27(37-26)13-25(18)36-22/h7,11-14,16,20,29,31,38H,1,8-10H2,2-6H3,(H,41,42)/t16-,20-,29?,31+/m0/s1. The highest BCUT2D eigenvalue weighted by Crippen LogP contribution is 2.48. The summed E-state index contributed by atoms with van der Waals surface area (Å²) < 4.78 is 5.12. The lowest BCUT2D eigenvalue weighted by Crippen LogP contribution is -2.27. The monoisotopic (exact) mass is 606 g/mol. The summed E-state index contributed by atoms with van der Waals surface area (Å²) in [6.45, 7) is 11.7. The van der Waals surface area contributed by atoms with Crippen molar-refractivity contribution in [1.29, 1.82) is 0 Å². The lowest BCUT2D eigenvalue weighted by molar-refractivity contribution is -0.147. The Morgan fingerprint density at radius 2 is 1.82 bits per heavy atom. The number of rotatable bonds is 7. The Kier molecular flexibility index (Phi) is 7.46. The molecule has 10 heteroatoms. The van der Waals surface area contributed by atoms with E-state index < -0.39 is 23.8 Å². The maximum Gasteiger partial charge on any atom is 0.320 e. The largest absolute Gasteiger partial charge is 0.481 e. The van der Waals surface area contributed by atoms with Crippen molar-refractivity contribution in [2.24, 2.45) is 38.6 Å². The molecule has 6 aliphatic rings. The zero-order valence-electron chi connectivity index (χ0n) is 25.9. The molecule has 1 saturated carbocycles. The first-order valence-corrected chi connectivity index (χ1v) is 15.0. The van der Waals surface area contributed by atoms with Crippen LogP contribution >= 0.6 is 0 Å². The summed E-state index contributed by atoms with van der Waals surface area (Å²) in [7, 11) is 1.25. The quantitative estimate of drug-likeness (QED) is 0.243. The number of aliphatic imine (C=N–C) groups is 3. The van der Waals surface area contributed by atoms with Gasteiger partial charge in [-0.05, 0) is 61.6 Å². The molecule has 6 rings (SSSR count). The van der Waals surface area contributed by atoms with Gasteiger partial charge in [-0.2, -0.15) is 0 Å². The van der Waals surface area contributed by atoms with Crippen molar-refractivity contribution in [3.8, 4) is 0 Å². The first-order chi connectivity index (χ1) is 21.5. The van der Waals surface area contributed by atoms with Crippen molar-refractivity contribution in [2.45, 2.75) is 47.0 Å². The second-order valence-electron chi connectivity index (χ2n) is 11.9.